The number of carbonyl (C=O) groups is 1. The van der Waals surface area contributed by atoms with E-state index in [0.717, 1.165) is 28.0 Å². The van der Waals surface area contributed by atoms with Crippen molar-refractivity contribution in [1.82, 2.24) is 29.5 Å². The van der Waals surface area contributed by atoms with Gasteiger partial charge in [-0.2, -0.15) is 0 Å². The third-order valence-corrected chi connectivity index (χ3v) is 5.78. The molecule has 3 heterocycles. The molecule has 2 amide bonds. The van der Waals surface area contributed by atoms with Gasteiger partial charge in [-0.15, -0.1) is 10.2 Å². The normalized spacial score (nSPS) is 11.0. The summed E-state index contributed by atoms with van der Waals surface area (Å²) in [4.78, 5) is 16.4. The van der Waals surface area contributed by atoms with Crippen LogP contribution in [0.2, 0.25) is 0 Å². The molecule has 0 atom stereocenters. The number of aryl methyl sites for hydroxylation is 1. The highest BCUT2D eigenvalue weighted by atomic mass is 19.1. The van der Waals surface area contributed by atoms with Gasteiger partial charge in [0, 0.05) is 35.6 Å². The number of methoxy groups -OCH3 is 1. The topological polar surface area (TPSA) is 98.4 Å². The fourth-order valence-electron chi connectivity index (χ4n) is 4.07. The molecule has 0 aliphatic carbocycles. The van der Waals surface area contributed by atoms with E-state index in [1.807, 2.05) is 61.0 Å². The molecule has 0 radical (unpaired) electrons. The number of hydrogen-bond donors (Lipinski definition) is 2. The number of benzene rings is 2. The van der Waals surface area contributed by atoms with E-state index < -0.39 is 5.82 Å². The van der Waals surface area contributed by atoms with Crippen LogP contribution in [-0.4, -0.2) is 43.8 Å². The molecule has 10 heteroatoms. The summed E-state index contributed by atoms with van der Waals surface area (Å²) < 4.78 is 22.9. The number of rotatable bonds is 6. The first-order valence-corrected chi connectivity index (χ1v) is 11.4. The molecule has 0 saturated carbocycles. The largest absolute Gasteiger partial charge is 0.494 e. The Labute approximate surface area is 206 Å². The molecule has 0 bridgehead atoms. The number of urea groups is 1. The average molecular weight is 486 g/mol. The van der Waals surface area contributed by atoms with Crippen molar-refractivity contribution in [2.24, 2.45) is 0 Å². The van der Waals surface area contributed by atoms with Gasteiger partial charge in [-0.1, -0.05) is 12.1 Å². The van der Waals surface area contributed by atoms with Gasteiger partial charge in [-0.3, -0.25) is 8.97 Å². The minimum absolute atomic E-state index is 0.140. The van der Waals surface area contributed by atoms with Crippen LogP contribution in [0.4, 0.5) is 14.9 Å². The lowest BCUT2D eigenvalue weighted by molar-refractivity contribution is 0.252. The van der Waals surface area contributed by atoms with E-state index >= 15 is 0 Å². The molecule has 0 spiro atoms. The Hall–Kier alpha value is -4.73. The predicted molar refractivity (Wildman–Crippen MR) is 135 cm³/mol. The molecule has 5 aromatic rings. The van der Waals surface area contributed by atoms with Gasteiger partial charge in [-0.25, -0.2) is 14.2 Å². The van der Waals surface area contributed by atoms with Crippen LogP contribution in [0.3, 0.4) is 0 Å². The van der Waals surface area contributed by atoms with Gasteiger partial charge in [0.2, 0.25) is 0 Å². The third-order valence-electron chi connectivity index (χ3n) is 5.78. The number of fused-ring (bicyclic) bond motifs is 1. The number of anilines is 1. The lowest BCUT2D eigenvalue weighted by atomic mass is 10.1. The van der Waals surface area contributed by atoms with Crippen molar-refractivity contribution in [3.8, 4) is 34.1 Å². The molecule has 9 nitrogen and oxygen atoms in total. The van der Waals surface area contributed by atoms with Gasteiger partial charge in [0.05, 0.1) is 24.7 Å². The maximum absolute atomic E-state index is 14.0. The highest BCUT2D eigenvalue weighted by molar-refractivity contribution is 5.89. The lowest BCUT2D eigenvalue weighted by Crippen LogP contribution is -2.28. The Kier molecular flexibility index (Phi) is 6.07. The maximum Gasteiger partial charge on any atom is 0.319 e. The Morgan fingerprint density at radius 1 is 1.11 bits per heavy atom. The highest BCUT2D eigenvalue weighted by Gasteiger charge is 2.16. The van der Waals surface area contributed by atoms with Crippen LogP contribution in [0.1, 0.15) is 12.5 Å². The number of aromatic nitrogens is 5. The van der Waals surface area contributed by atoms with Crippen LogP contribution >= 0.6 is 0 Å². The molecule has 0 fully saturated rings. The van der Waals surface area contributed by atoms with Crippen molar-refractivity contribution in [3.63, 3.8) is 0 Å². The Bertz CT molecular complexity index is 1560. The first-order valence-electron chi connectivity index (χ1n) is 11.4. The van der Waals surface area contributed by atoms with Crippen molar-refractivity contribution in [3.05, 3.63) is 78.6 Å². The Morgan fingerprint density at radius 3 is 2.67 bits per heavy atom. The number of amides is 2. The van der Waals surface area contributed by atoms with E-state index in [4.69, 9.17) is 4.74 Å². The van der Waals surface area contributed by atoms with Gasteiger partial charge in [0.15, 0.2) is 17.4 Å². The SMILES string of the molecule is CCNC(=O)Nc1ccc(-c2cnc3c(C)cc(-c4nncn4-c4ccc(F)c(OC)c4)cn23)cc1. The monoisotopic (exact) mass is 485 g/mol. The zero-order valence-electron chi connectivity index (χ0n) is 20.0. The maximum atomic E-state index is 14.0. The first kappa shape index (κ1) is 23.0. The second-order valence-electron chi connectivity index (χ2n) is 8.15. The zero-order chi connectivity index (χ0) is 25.2. The van der Waals surface area contributed by atoms with E-state index in [9.17, 15) is 9.18 Å². The Balaban J connectivity index is 1.54. The summed E-state index contributed by atoms with van der Waals surface area (Å²) in [5.41, 5.74) is 5.77. The van der Waals surface area contributed by atoms with Crippen LogP contribution in [0, 0.1) is 12.7 Å². The molecule has 182 valence electrons. The quantitative estimate of drug-likeness (QED) is 0.358. The number of nitrogens with one attached hydrogen (secondary N) is 2. The van der Waals surface area contributed by atoms with Gasteiger partial charge in [0.25, 0.3) is 0 Å². The van der Waals surface area contributed by atoms with Crippen LogP contribution in [0.25, 0.3) is 34.0 Å². The standard InChI is InChI=1S/C26H24FN7O2/c1-4-28-26(35)31-19-7-5-17(6-8-19)22-13-29-24-16(2)11-18(14-33(22)24)25-32-30-15-34(25)20-9-10-21(27)23(12-20)36-3/h5-15H,4H2,1-3H3,(H2,28,31,35). The summed E-state index contributed by atoms with van der Waals surface area (Å²) in [7, 11) is 1.43. The summed E-state index contributed by atoms with van der Waals surface area (Å²) in [6.45, 7) is 4.40. The van der Waals surface area contributed by atoms with Crippen LogP contribution < -0.4 is 15.4 Å². The second kappa shape index (κ2) is 9.49. The molecule has 5 rings (SSSR count). The molecule has 36 heavy (non-hydrogen) atoms. The molecule has 3 aromatic heterocycles. The fraction of sp³-hybridized carbons (Fsp3) is 0.154. The summed E-state index contributed by atoms with van der Waals surface area (Å²) in [6, 6.07) is 13.9. The van der Waals surface area contributed by atoms with Crippen molar-refractivity contribution in [1.29, 1.82) is 0 Å². The van der Waals surface area contributed by atoms with Gasteiger partial charge < -0.3 is 15.4 Å². The number of imidazole rings is 1. The Morgan fingerprint density at radius 2 is 1.92 bits per heavy atom. The smallest absolute Gasteiger partial charge is 0.319 e. The average Bonchev–Trinajstić information content (AvgIpc) is 3.53. The first-order chi connectivity index (χ1) is 17.5. The predicted octanol–water partition coefficient (Wildman–Crippen LogP) is 4.85. The van der Waals surface area contributed by atoms with Crippen LogP contribution in [0.15, 0.2) is 67.3 Å². The molecule has 0 unspecified atom stereocenters. The summed E-state index contributed by atoms with van der Waals surface area (Å²) in [5, 5.41) is 13.9. The summed E-state index contributed by atoms with van der Waals surface area (Å²) >= 11 is 0. The van der Waals surface area contributed by atoms with Gasteiger partial charge >= 0.3 is 6.03 Å². The fourth-order valence-corrected chi connectivity index (χ4v) is 4.07. The van der Waals surface area contributed by atoms with Crippen molar-refractivity contribution >= 4 is 17.4 Å². The number of nitrogens with zero attached hydrogens (tertiary/aromatic N) is 5. The minimum atomic E-state index is -0.441. The number of halogens is 1. The van der Waals surface area contributed by atoms with Gasteiger partial charge in [-0.05, 0) is 49.7 Å². The van der Waals surface area contributed by atoms with Crippen molar-refractivity contribution < 1.29 is 13.9 Å². The second-order valence-corrected chi connectivity index (χ2v) is 8.15. The molecular formula is C26H24FN7O2. The molecule has 2 aromatic carbocycles. The molecule has 0 aliphatic heterocycles. The van der Waals surface area contributed by atoms with E-state index in [1.165, 1.54) is 13.2 Å². The summed E-state index contributed by atoms with van der Waals surface area (Å²) in [5.74, 6) is 0.291. The molecule has 0 saturated heterocycles. The van der Waals surface area contributed by atoms with Crippen LogP contribution in [0.5, 0.6) is 5.75 Å². The minimum Gasteiger partial charge on any atom is -0.494 e. The lowest BCUT2D eigenvalue weighted by Gasteiger charge is -2.11. The van der Waals surface area contributed by atoms with E-state index in [1.54, 1.807) is 23.0 Å². The number of pyridine rings is 1. The number of hydrogen-bond acceptors (Lipinski definition) is 5. The highest BCUT2D eigenvalue weighted by Crippen LogP contribution is 2.29. The van der Waals surface area contributed by atoms with E-state index in [2.05, 4.69) is 25.8 Å². The number of ether oxygens (including phenoxy) is 1. The van der Waals surface area contributed by atoms with E-state index in [0.29, 0.717) is 23.7 Å². The summed E-state index contributed by atoms with van der Waals surface area (Å²) in [6.07, 6.45) is 5.34. The molecule has 0 aliphatic rings. The molecular weight excluding hydrogens is 461 g/mol. The number of carbonyl (C=O) groups excluding carboxylic acids is 1. The van der Waals surface area contributed by atoms with Gasteiger partial charge in [0.1, 0.15) is 12.0 Å². The van der Waals surface area contributed by atoms with Crippen molar-refractivity contribution in [2.45, 2.75) is 13.8 Å². The van der Waals surface area contributed by atoms with Crippen LogP contribution in [-0.2, 0) is 0 Å². The molecule has 2 N–H and O–H groups in total. The third kappa shape index (κ3) is 4.24. The van der Waals surface area contributed by atoms with Crippen molar-refractivity contribution in [2.75, 3.05) is 19.0 Å². The van der Waals surface area contributed by atoms with E-state index in [-0.39, 0.29) is 11.8 Å². The zero-order valence-corrected chi connectivity index (χ0v) is 20.0.